The van der Waals surface area contributed by atoms with E-state index in [1.807, 2.05) is 24.3 Å². The minimum absolute atomic E-state index is 0.0175. The van der Waals surface area contributed by atoms with Crippen molar-refractivity contribution in [1.82, 2.24) is 15.5 Å². The van der Waals surface area contributed by atoms with Gasteiger partial charge in [0.15, 0.2) is 11.9 Å². The minimum atomic E-state index is -4.56. The second-order valence-corrected chi connectivity index (χ2v) is 7.13. The summed E-state index contributed by atoms with van der Waals surface area (Å²) < 4.78 is 43.4. The average molecular weight is 445 g/mol. The number of pyridine rings is 1. The van der Waals surface area contributed by atoms with Gasteiger partial charge >= 0.3 is 6.18 Å². The monoisotopic (exact) mass is 444 g/mol. The molecule has 1 saturated heterocycles. The first kappa shape index (κ1) is 22.1. The van der Waals surface area contributed by atoms with Crippen LogP contribution in [-0.2, 0) is 15.8 Å². The van der Waals surface area contributed by atoms with E-state index in [2.05, 4.69) is 10.4 Å². The van der Waals surface area contributed by atoms with Gasteiger partial charge < -0.3 is 4.74 Å². The molecular formula is C19H20ClF3N4O3. The van der Waals surface area contributed by atoms with Crippen LogP contribution in [0.2, 0.25) is 5.02 Å². The van der Waals surface area contributed by atoms with E-state index in [4.69, 9.17) is 21.2 Å². The van der Waals surface area contributed by atoms with E-state index >= 15 is 0 Å². The molecule has 1 fully saturated rings. The molecule has 0 radical (unpaired) electrons. The lowest BCUT2D eigenvalue weighted by molar-refractivity contribution is -0.163. The smallest absolute Gasteiger partial charge is 0.417 e. The van der Waals surface area contributed by atoms with Crippen molar-refractivity contribution in [3.05, 3.63) is 52.7 Å². The van der Waals surface area contributed by atoms with Crippen molar-refractivity contribution in [2.75, 3.05) is 26.2 Å². The van der Waals surface area contributed by atoms with Crippen LogP contribution in [0, 0.1) is 0 Å². The number of aromatic nitrogens is 1. The first-order chi connectivity index (χ1) is 14.1. The normalized spacial score (nSPS) is 19.6. The van der Waals surface area contributed by atoms with Crippen LogP contribution in [-0.4, -0.2) is 43.3 Å². The highest BCUT2D eigenvalue weighted by atomic mass is 35.5. The topological polar surface area (TPSA) is 66.9 Å². The fraction of sp³-hybridized carbons (Fsp3) is 0.368. The molecule has 11 heteroatoms. The van der Waals surface area contributed by atoms with Gasteiger partial charge in [-0.1, -0.05) is 23.7 Å². The molecule has 3 rings (SSSR count). The van der Waals surface area contributed by atoms with E-state index in [0.717, 1.165) is 22.4 Å². The number of amides is 1. The Morgan fingerprint density at radius 3 is 2.60 bits per heavy atom. The lowest BCUT2D eigenvalue weighted by Crippen LogP contribution is -2.45. The minimum Gasteiger partial charge on any atom is -0.497 e. The number of carbonyl (C=O) groups excluding carboxylic acids is 1. The van der Waals surface area contributed by atoms with Gasteiger partial charge in [0.1, 0.15) is 5.75 Å². The number of hydrazine groups is 1. The van der Waals surface area contributed by atoms with E-state index in [9.17, 15) is 18.0 Å². The van der Waals surface area contributed by atoms with Crippen molar-refractivity contribution in [3.8, 4) is 5.75 Å². The van der Waals surface area contributed by atoms with Gasteiger partial charge in [-0.25, -0.2) is 4.98 Å². The third-order valence-corrected chi connectivity index (χ3v) is 4.99. The number of nitrogens with one attached hydrogen (secondary N) is 1. The molecule has 1 aromatic heterocycles. The van der Waals surface area contributed by atoms with Crippen molar-refractivity contribution in [2.45, 2.75) is 24.7 Å². The van der Waals surface area contributed by atoms with Crippen LogP contribution in [0.3, 0.4) is 0 Å². The van der Waals surface area contributed by atoms with Gasteiger partial charge in [0, 0.05) is 26.7 Å². The molecule has 162 valence electrons. The van der Waals surface area contributed by atoms with Crippen LogP contribution < -0.4 is 15.2 Å². The Hall–Kier alpha value is -2.56. The van der Waals surface area contributed by atoms with Crippen molar-refractivity contribution in [1.29, 1.82) is 0 Å². The zero-order valence-corrected chi connectivity index (χ0v) is 17.2. The molecule has 30 heavy (non-hydrogen) atoms. The molecule has 0 spiro atoms. The Morgan fingerprint density at radius 1 is 1.37 bits per heavy atom. The quantitative estimate of drug-likeness (QED) is 0.711. The Bertz CT molecular complexity index is 911. The summed E-state index contributed by atoms with van der Waals surface area (Å²) in [6.07, 6.45) is -4.31. The van der Waals surface area contributed by atoms with Crippen LogP contribution >= 0.6 is 11.6 Å². The predicted molar refractivity (Wildman–Crippen MR) is 104 cm³/mol. The first-order valence-corrected chi connectivity index (χ1v) is 9.28. The van der Waals surface area contributed by atoms with Crippen LogP contribution in [0.5, 0.6) is 5.75 Å². The van der Waals surface area contributed by atoms with Gasteiger partial charge in [-0.05, 0) is 23.8 Å². The van der Waals surface area contributed by atoms with Crippen LogP contribution in [0.15, 0.2) is 36.5 Å². The van der Waals surface area contributed by atoms with E-state index in [-0.39, 0.29) is 16.9 Å². The van der Waals surface area contributed by atoms with E-state index in [0.29, 0.717) is 12.6 Å². The molecule has 2 atom stereocenters. The second kappa shape index (κ2) is 8.66. The fourth-order valence-corrected chi connectivity index (χ4v) is 3.41. The lowest BCUT2D eigenvalue weighted by atomic mass is 10.0. The predicted octanol–water partition coefficient (Wildman–Crippen LogP) is 3.61. The SMILES string of the molecule is COc1ccc([C@@H]2C[C@@H](C(=O)NN(C)c3ncc(C(F)(F)F)cc3Cl)ON2C)cc1. The molecule has 1 amide bonds. The zero-order valence-electron chi connectivity index (χ0n) is 16.4. The summed E-state index contributed by atoms with van der Waals surface area (Å²) in [4.78, 5) is 22.0. The summed E-state index contributed by atoms with van der Waals surface area (Å²) in [6, 6.07) is 8.03. The van der Waals surface area contributed by atoms with E-state index < -0.39 is 23.8 Å². The summed E-state index contributed by atoms with van der Waals surface area (Å²) in [5.74, 6) is 0.228. The van der Waals surface area contributed by atoms with Crippen molar-refractivity contribution in [2.24, 2.45) is 0 Å². The number of anilines is 1. The number of carbonyl (C=O) groups is 1. The molecule has 1 aliphatic heterocycles. The Morgan fingerprint density at radius 2 is 2.03 bits per heavy atom. The van der Waals surface area contributed by atoms with Gasteiger partial charge in [-0.2, -0.15) is 18.2 Å². The van der Waals surface area contributed by atoms with Crippen LogP contribution in [0.25, 0.3) is 0 Å². The largest absolute Gasteiger partial charge is 0.497 e. The van der Waals surface area contributed by atoms with E-state index in [1.165, 1.54) is 7.05 Å². The Balaban J connectivity index is 1.66. The Kier molecular flexibility index (Phi) is 6.39. The molecule has 0 bridgehead atoms. The zero-order chi connectivity index (χ0) is 22.1. The number of rotatable bonds is 5. The number of benzene rings is 1. The summed E-state index contributed by atoms with van der Waals surface area (Å²) in [5.41, 5.74) is 2.52. The Labute approximate surface area is 176 Å². The molecular weight excluding hydrogens is 425 g/mol. The van der Waals surface area contributed by atoms with E-state index in [1.54, 1.807) is 19.2 Å². The second-order valence-electron chi connectivity index (χ2n) is 6.73. The molecule has 7 nitrogen and oxygen atoms in total. The van der Waals surface area contributed by atoms with Gasteiger partial charge in [0.05, 0.1) is 23.7 Å². The van der Waals surface area contributed by atoms with Crippen molar-refractivity contribution in [3.63, 3.8) is 0 Å². The number of hydrogen-bond acceptors (Lipinski definition) is 6. The molecule has 1 N–H and O–H groups in total. The number of hydrogen-bond donors (Lipinski definition) is 1. The van der Waals surface area contributed by atoms with Crippen molar-refractivity contribution < 1.29 is 27.5 Å². The maximum Gasteiger partial charge on any atom is 0.417 e. The number of alkyl halides is 3. The molecule has 0 saturated carbocycles. The number of nitrogens with zero attached hydrogens (tertiary/aromatic N) is 3. The molecule has 2 aromatic rings. The molecule has 1 aromatic carbocycles. The molecule has 1 aliphatic rings. The maximum absolute atomic E-state index is 12.8. The number of hydroxylamine groups is 2. The molecule has 2 heterocycles. The summed E-state index contributed by atoms with van der Waals surface area (Å²) >= 11 is 5.92. The van der Waals surface area contributed by atoms with Gasteiger partial charge in [0.25, 0.3) is 5.91 Å². The van der Waals surface area contributed by atoms with Crippen LogP contribution in [0.1, 0.15) is 23.6 Å². The third-order valence-electron chi connectivity index (χ3n) is 4.71. The summed E-state index contributed by atoms with van der Waals surface area (Å²) in [7, 11) is 4.73. The highest BCUT2D eigenvalue weighted by Gasteiger charge is 2.37. The first-order valence-electron chi connectivity index (χ1n) is 8.90. The number of ether oxygens (including phenoxy) is 1. The third kappa shape index (κ3) is 4.77. The molecule has 0 unspecified atom stereocenters. The number of methoxy groups -OCH3 is 1. The van der Waals surface area contributed by atoms with Crippen LogP contribution in [0.4, 0.5) is 19.0 Å². The standard InChI is InChI=1S/C19H20ClF3N4O3/c1-26(17-14(20)8-12(10-24-17)19(21,22)23)25-18(28)16-9-15(27(2)30-16)11-4-6-13(29-3)7-5-11/h4-8,10,15-16H,9H2,1-3H3,(H,25,28)/t15-,16-/m0/s1. The molecule has 0 aliphatic carbocycles. The fourth-order valence-electron chi connectivity index (χ4n) is 3.12. The number of halogens is 4. The average Bonchev–Trinajstić information content (AvgIpc) is 3.09. The summed E-state index contributed by atoms with van der Waals surface area (Å²) in [5, 5.41) is 2.51. The highest BCUT2D eigenvalue weighted by Crippen LogP contribution is 2.35. The van der Waals surface area contributed by atoms with Gasteiger partial charge in [0.2, 0.25) is 0 Å². The van der Waals surface area contributed by atoms with Gasteiger partial charge in [-0.15, -0.1) is 0 Å². The van der Waals surface area contributed by atoms with Gasteiger partial charge in [-0.3, -0.25) is 20.1 Å². The summed E-state index contributed by atoms with van der Waals surface area (Å²) in [6.45, 7) is 0. The van der Waals surface area contributed by atoms with Crippen molar-refractivity contribution >= 4 is 23.3 Å². The maximum atomic E-state index is 12.8. The lowest BCUT2D eigenvalue weighted by Gasteiger charge is -2.22. The highest BCUT2D eigenvalue weighted by molar-refractivity contribution is 6.33.